The number of halogens is 1. The number of benzene rings is 2. The average Bonchev–Trinajstić information content (AvgIpc) is 2.66. The molecule has 0 aliphatic carbocycles. The van der Waals surface area contributed by atoms with Gasteiger partial charge >= 0.3 is 0 Å². The first-order valence-corrected chi connectivity index (χ1v) is 8.51. The molecule has 0 saturated heterocycles. The van der Waals surface area contributed by atoms with E-state index in [1.165, 1.54) is 5.56 Å². The molecule has 0 aliphatic rings. The lowest BCUT2D eigenvalue weighted by atomic mass is 10.0. The number of rotatable bonds is 7. The summed E-state index contributed by atoms with van der Waals surface area (Å²) < 4.78 is 10.9. The van der Waals surface area contributed by atoms with Crippen LogP contribution in [-0.2, 0) is 0 Å². The van der Waals surface area contributed by atoms with Crippen molar-refractivity contribution in [3.63, 3.8) is 0 Å². The molecule has 142 valence electrons. The normalized spacial score (nSPS) is 11.9. The highest BCUT2D eigenvalue weighted by Crippen LogP contribution is 2.30. The lowest BCUT2D eigenvalue weighted by Crippen LogP contribution is -2.33. The Hall–Kier alpha value is -1.96. The Morgan fingerprint density at radius 1 is 1.12 bits per heavy atom. The molecule has 2 N–H and O–H groups in total. The fourth-order valence-electron chi connectivity index (χ4n) is 2.49. The van der Waals surface area contributed by atoms with E-state index in [-0.39, 0.29) is 24.0 Å². The van der Waals surface area contributed by atoms with Crippen molar-refractivity contribution in [1.82, 2.24) is 5.32 Å². The van der Waals surface area contributed by atoms with Gasteiger partial charge in [0.15, 0.2) is 17.5 Å². The zero-order valence-corrected chi connectivity index (χ0v) is 18.1. The van der Waals surface area contributed by atoms with Crippen LogP contribution < -0.4 is 20.1 Å². The van der Waals surface area contributed by atoms with Crippen LogP contribution in [0.4, 0.5) is 5.69 Å². The van der Waals surface area contributed by atoms with Gasteiger partial charge in [-0.1, -0.05) is 37.3 Å². The van der Waals surface area contributed by atoms with Crippen molar-refractivity contribution in [2.75, 3.05) is 32.6 Å². The van der Waals surface area contributed by atoms with Crippen molar-refractivity contribution < 1.29 is 9.47 Å². The van der Waals surface area contributed by atoms with Gasteiger partial charge in [-0.05, 0) is 30.5 Å². The zero-order valence-electron chi connectivity index (χ0n) is 15.8. The highest BCUT2D eigenvalue weighted by molar-refractivity contribution is 14.0. The first-order chi connectivity index (χ1) is 12.2. The van der Waals surface area contributed by atoms with E-state index >= 15 is 0 Å². The number of aliphatic imine (C=N–C) groups is 1. The average molecular weight is 469 g/mol. The SMILES string of the molecule is CCOc1ccc(NC(=NC)NCC(C)c2ccccc2)cc1OC.I. The number of methoxy groups -OCH3 is 1. The van der Waals surface area contributed by atoms with Crippen LogP contribution >= 0.6 is 24.0 Å². The molecule has 0 bridgehead atoms. The fraction of sp³-hybridized carbons (Fsp3) is 0.350. The van der Waals surface area contributed by atoms with E-state index < -0.39 is 0 Å². The van der Waals surface area contributed by atoms with Gasteiger partial charge in [0.2, 0.25) is 0 Å². The van der Waals surface area contributed by atoms with Crippen LogP contribution in [-0.4, -0.2) is 33.3 Å². The molecule has 6 heteroatoms. The number of nitrogens with one attached hydrogen (secondary N) is 2. The summed E-state index contributed by atoms with van der Waals surface area (Å²) in [4.78, 5) is 4.29. The molecular formula is C20H28IN3O2. The molecule has 26 heavy (non-hydrogen) atoms. The van der Waals surface area contributed by atoms with Crippen LogP contribution in [0, 0.1) is 0 Å². The largest absolute Gasteiger partial charge is 0.493 e. The predicted octanol–water partition coefficient (Wildman–Crippen LogP) is 4.50. The molecule has 2 rings (SSSR count). The van der Waals surface area contributed by atoms with Gasteiger partial charge in [-0.15, -0.1) is 24.0 Å². The highest BCUT2D eigenvalue weighted by Gasteiger charge is 2.09. The van der Waals surface area contributed by atoms with E-state index in [2.05, 4.69) is 46.8 Å². The van der Waals surface area contributed by atoms with Gasteiger partial charge in [-0.3, -0.25) is 4.99 Å². The summed E-state index contributed by atoms with van der Waals surface area (Å²) in [7, 11) is 3.39. The predicted molar refractivity (Wildman–Crippen MR) is 119 cm³/mol. The smallest absolute Gasteiger partial charge is 0.195 e. The van der Waals surface area contributed by atoms with Crippen LogP contribution in [0.25, 0.3) is 0 Å². The first kappa shape index (κ1) is 22.1. The van der Waals surface area contributed by atoms with Gasteiger partial charge in [0.05, 0.1) is 13.7 Å². The number of nitrogens with zero attached hydrogens (tertiary/aromatic N) is 1. The van der Waals surface area contributed by atoms with E-state index in [1.807, 2.05) is 31.2 Å². The standard InChI is InChI=1S/C20H27N3O2.HI/c1-5-25-18-12-11-17(13-19(18)24-4)23-20(21-3)22-14-15(2)16-9-7-6-8-10-16;/h6-13,15H,5,14H2,1-4H3,(H2,21,22,23);1H. The van der Waals surface area contributed by atoms with E-state index in [1.54, 1.807) is 14.2 Å². The van der Waals surface area contributed by atoms with Crippen molar-refractivity contribution in [2.24, 2.45) is 4.99 Å². The third-order valence-electron chi connectivity index (χ3n) is 3.89. The maximum Gasteiger partial charge on any atom is 0.195 e. The van der Waals surface area contributed by atoms with Crippen LogP contribution in [0.3, 0.4) is 0 Å². The Morgan fingerprint density at radius 3 is 2.46 bits per heavy atom. The molecule has 1 unspecified atom stereocenters. The topological polar surface area (TPSA) is 54.9 Å². The fourth-order valence-corrected chi connectivity index (χ4v) is 2.49. The third kappa shape index (κ3) is 6.40. The van der Waals surface area contributed by atoms with E-state index in [0.29, 0.717) is 24.2 Å². The van der Waals surface area contributed by atoms with Gasteiger partial charge < -0.3 is 20.1 Å². The number of guanidine groups is 1. The van der Waals surface area contributed by atoms with Crippen LogP contribution in [0.2, 0.25) is 0 Å². The van der Waals surface area contributed by atoms with Gasteiger partial charge in [0.25, 0.3) is 0 Å². The van der Waals surface area contributed by atoms with Gasteiger partial charge in [0, 0.05) is 25.3 Å². The number of anilines is 1. The molecule has 2 aromatic rings. The van der Waals surface area contributed by atoms with Crippen LogP contribution in [0.1, 0.15) is 25.3 Å². The van der Waals surface area contributed by atoms with Crippen molar-refractivity contribution in [3.05, 3.63) is 54.1 Å². The summed E-state index contributed by atoms with van der Waals surface area (Å²) in [5.41, 5.74) is 2.19. The van der Waals surface area contributed by atoms with Crippen molar-refractivity contribution in [3.8, 4) is 11.5 Å². The first-order valence-electron chi connectivity index (χ1n) is 8.51. The monoisotopic (exact) mass is 469 g/mol. The maximum atomic E-state index is 5.54. The lowest BCUT2D eigenvalue weighted by molar-refractivity contribution is 0.311. The summed E-state index contributed by atoms with van der Waals surface area (Å²) in [6.07, 6.45) is 0. The lowest BCUT2D eigenvalue weighted by Gasteiger charge is -2.17. The number of hydrogen-bond donors (Lipinski definition) is 2. The maximum absolute atomic E-state index is 5.54. The summed E-state index contributed by atoms with van der Waals surface area (Å²) in [6, 6.07) is 16.2. The van der Waals surface area contributed by atoms with E-state index in [9.17, 15) is 0 Å². The molecule has 1 atom stereocenters. The molecule has 2 aromatic carbocycles. The van der Waals surface area contributed by atoms with Crippen molar-refractivity contribution in [2.45, 2.75) is 19.8 Å². The van der Waals surface area contributed by atoms with Crippen molar-refractivity contribution in [1.29, 1.82) is 0 Å². The minimum absolute atomic E-state index is 0. The van der Waals surface area contributed by atoms with Gasteiger partial charge in [0.1, 0.15) is 0 Å². The van der Waals surface area contributed by atoms with E-state index in [0.717, 1.165) is 18.0 Å². The minimum Gasteiger partial charge on any atom is -0.493 e. The molecule has 0 saturated carbocycles. The third-order valence-corrected chi connectivity index (χ3v) is 3.89. The number of hydrogen-bond acceptors (Lipinski definition) is 3. The van der Waals surface area contributed by atoms with Crippen LogP contribution in [0.5, 0.6) is 11.5 Å². The second-order valence-electron chi connectivity index (χ2n) is 5.69. The molecule has 0 aliphatic heterocycles. The summed E-state index contributed by atoms with van der Waals surface area (Å²) >= 11 is 0. The molecular weight excluding hydrogens is 441 g/mol. The number of ether oxygens (including phenoxy) is 2. The molecule has 0 amide bonds. The molecule has 0 spiro atoms. The molecule has 0 heterocycles. The Kier molecular flexibility index (Phi) is 9.87. The summed E-state index contributed by atoms with van der Waals surface area (Å²) in [5, 5.41) is 6.64. The molecule has 0 fully saturated rings. The Balaban J connectivity index is 0.00000338. The zero-order chi connectivity index (χ0) is 18.1. The summed E-state index contributed by atoms with van der Waals surface area (Å²) in [6.45, 7) is 5.53. The van der Waals surface area contributed by atoms with E-state index in [4.69, 9.17) is 9.47 Å². The molecule has 0 aromatic heterocycles. The minimum atomic E-state index is 0. The van der Waals surface area contributed by atoms with Gasteiger partial charge in [-0.2, -0.15) is 0 Å². The van der Waals surface area contributed by atoms with Gasteiger partial charge in [-0.25, -0.2) is 0 Å². The Morgan fingerprint density at radius 2 is 1.85 bits per heavy atom. The Bertz CT molecular complexity index is 693. The molecule has 0 radical (unpaired) electrons. The second kappa shape index (κ2) is 11.6. The summed E-state index contributed by atoms with van der Waals surface area (Å²) in [5.74, 6) is 2.53. The highest BCUT2D eigenvalue weighted by atomic mass is 127. The molecule has 5 nitrogen and oxygen atoms in total. The Labute approximate surface area is 173 Å². The second-order valence-corrected chi connectivity index (χ2v) is 5.69. The quantitative estimate of drug-likeness (QED) is 0.356. The van der Waals surface area contributed by atoms with Crippen molar-refractivity contribution >= 4 is 35.6 Å². The van der Waals surface area contributed by atoms with Crippen LogP contribution in [0.15, 0.2) is 53.5 Å².